The minimum Gasteiger partial charge on any atom is -0.493 e. The molecule has 3 heterocycles. The molecule has 0 radical (unpaired) electrons. The number of aromatic nitrogens is 4. The van der Waals surface area contributed by atoms with E-state index >= 15 is 0 Å². The number of alkyl carbamates (subject to hydrolysis) is 1. The average Bonchev–Trinajstić information content (AvgIpc) is 3.47. The van der Waals surface area contributed by atoms with E-state index in [4.69, 9.17) is 4.74 Å². The Morgan fingerprint density at radius 1 is 0.787 bits per heavy atom. The Morgan fingerprint density at radius 2 is 1.46 bits per heavy atom. The second-order valence-corrected chi connectivity index (χ2v) is 17.7. The topological polar surface area (TPSA) is 190 Å². The molecule has 0 aliphatic carbocycles. The Labute approximate surface area is 357 Å². The van der Waals surface area contributed by atoms with Gasteiger partial charge in [-0.05, 0) is 72.4 Å². The van der Waals surface area contributed by atoms with Gasteiger partial charge in [0.15, 0.2) is 0 Å². The van der Waals surface area contributed by atoms with Crippen LogP contribution in [0, 0.1) is 17.8 Å². The minimum absolute atomic E-state index is 0.00138. The summed E-state index contributed by atoms with van der Waals surface area (Å²) < 4.78 is 7.22. The Balaban J connectivity index is 1.47. The van der Waals surface area contributed by atoms with Crippen molar-refractivity contribution in [2.24, 2.45) is 10.8 Å². The zero-order valence-electron chi connectivity index (χ0n) is 36.3. The third-order valence-electron chi connectivity index (χ3n) is 10.5. The van der Waals surface area contributed by atoms with Crippen LogP contribution in [0.5, 0.6) is 5.88 Å². The Morgan fingerprint density at radius 3 is 2.07 bits per heavy atom. The maximum Gasteiger partial charge on any atom is 0.407 e. The predicted octanol–water partition coefficient (Wildman–Crippen LogP) is 5.73. The first-order valence-corrected chi connectivity index (χ1v) is 20.4. The summed E-state index contributed by atoms with van der Waals surface area (Å²) in [6.07, 6.45) is 1.53. The van der Waals surface area contributed by atoms with Gasteiger partial charge in [-0.15, -0.1) is 0 Å². The number of amides is 3. The normalized spacial score (nSPS) is 14.2. The number of carbonyl (C=O) groups is 3. The number of nitrogens with zero attached hydrogens (tertiary/aromatic N) is 4. The summed E-state index contributed by atoms with van der Waals surface area (Å²) in [5, 5.41) is 32.0. The largest absolute Gasteiger partial charge is 0.493 e. The Bertz CT molecular complexity index is 2300. The van der Waals surface area contributed by atoms with Crippen molar-refractivity contribution in [3.8, 4) is 17.1 Å². The van der Waals surface area contributed by atoms with Gasteiger partial charge in [0.1, 0.15) is 12.1 Å². The molecule has 5 rings (SSSR count). The number of pyridine rings is 2. The molecule has 0 unspecified atom stereocenters. The second kappa shape index (κ2) is 19.9. The first-order chi connectivity index (χ1) is 28.8. The molecule has 0 saturated carbocycles. The lowest BCUT2D eigenvalue weighted by Crippen LogP contribution is -2.57. The van der Waals surface area contributed by atoms with E-state index in [-0.39, 0.29) is 25.3 Å². The van der Waals surface area contributed by atoms with Crippen LogP contribution in [0.2, 0.25) is 0 Å². The van der Waals surface area contributed by atoms with Crippen LogP contribution in [0.4, 0.5) is 4.79 Å². The Kier molecular flexibility index (Phi) is 14.9. The van der Waals surface area contributed by atoms with Gasteiger partial charge in [0.05, 0.1) is 43.4 Å². The van der Waals surface area contributed by atoms with Crippen molar-refractivity contribution in [2.45, 2.75) is 105 Å². The molecule has 0 aliphatic heterocycles. The van der Waals surface area contributed by atoms with Gasteiger partial charge in [-0.25, -0.2) is 9.59 Å². The molecule has 0 fully saturated rings. The van der Waals surface area contributed by atoms with E-state index in [1.54, 1.807) is 12.3 Å². The number of benzene rings is 2. The number of carbonyl (C=O) groups excluding carboxylic acids is 3. The van der Waals surface area contributed by atoms with Gasteiger partial charge in [0, 0.05) is 23.5 Å². The van der Waals surface area contributed by atoms with E-state index in [1.807, 2.05) is 133 Å². The summed E-state index contributed by atoms with van der Waals surface area (Å²) in [6, 6.07) is 24.6. The number of rotatable bonds is 16. The number of aromatic hydroxyl groups is 1. The number of aryl methyl sites for hydroxylation is 1. The Hall–Kier alpha value is -6.28. The highest BCUT2D eigenvalue weighted by Crippen LogP contribution is 2.32. The maximum atomic E-state index is 14.6. The van der Waals surface area contributed by atoms with Crippen molar-refractivity contribution in [1.29, 1.82) is 0 Å². The molecule has 5 aromatic rings. The van der Waals surface area contributed by atoms with Crippen molar-refractivity contribution >= 4 is 17.9 Å². The molecule has 0 spiro atoms. The lowest BCUT2D eigenvalue weighted by atomic mass is 9.85. The first-order valence-electron chi connectivity index (χ1n) is 20.4. The highest BCUT2D eigenvalue weighted by molar-refractivity contribution is 5.86. The van der Waals surface area contributed by atoms with E-state index in [9.17, 15) is 29.4 Å². The van der Waals surface area contributed by atoms with Crippen molar-refractivity contribution < 1.29 is 29.3 Å². The van der Waals surface area contributed by atoms with Crippen LogP contribution >= 0.6 is 0 Å². The fourth-order valence-corrected chi connectivity index (χ4v) is 7.43. The van der Waals surface area contributed by atoms with Crippen LogP contribution in [0.25, 0.3) is 11.3 Å². The SMILES string of the molecule is COC(=O)N[C@H](C(=O)N[C@@H](Cc1ccc(-c2ccccn2)cc1)C[C@H](O)[C@H](Cc1ccccc1)NC(=O)[C@@H](n1cc(O)n(Cc2cccc(C)n2)c1=O)C(C)(C)C)C(C)(C)C. The third-order valence-corrected chi connectivity index (χ3v) is 10.5. The lowest BCUT2D eigenvalue weighted by molar-refractivity contribution is -0.129. The van der Waals surface area contributed by atoms with Gasteiger partial charge in [0.2, 0.25) is 17.7 Å². The maximum absolute atomic E-state index is 14.6. The number of aliphatic hydroxyl groups excluding tert-OH is 1. The fraction of sp³-hybridized carbons (Fsp3) is 0.404. The van der Waals surface area contributed by atoms with Crippen LogP contribution < -0.4 is 21.6 Å². The molecule has 0 saturated heterocycles. The van der Waals surface area contributed by atoms with Crippen LogP contribution in [-0.4, -0.2) is 78.6 Å². The van der Waals surface area contributed by atoms with Crippen LogP contribution in [0.15, 0.2) is 108 Å². The minimum atomic E-state index is -1.22. The van der Waals surface area contributed by atoms with Gasteiger partial charge < -0.3 is 30.9 Å². The molecule has 0 bridgehead atoms. The molecule has 5 atom stereocenters. The van der Waals surface area contributed by atoms with Crippen molar-refractivity contribution in [3.63, 3.8) is 0 Å². The average molecular weight is 834 g/mol. The smallest absolute Gasteiger partial charge is 0.407 e. The molecular formula is C47H59N7O7. The van der Waals surface area contributed by atoms with Gasteiger partial charge >= 0.3 is 11.8 Å². The van der Waals surface area contributed by atoms with E-state index in [1.165, 1.54) is 22.4 Å². The standard InChI is InChI=1S/C47H59N7O7/c1-30-15-14-18-34(49-30)28-53-39(56)29-54(45(53)60)41(47(5,6)7)43(58)51-37(26-31-16-10-9-11-17-31)38(55)27-35(50-42(57)40(46(2,3)4)52-44(59)61-8)25-32-20-22-33(23-21-32)36-19-12-13-24-48-36/h9-24,29,35,37-38,40-41,55-56H,25-28H2,1-8H3,(H,50,57)(H,51,58)(H,52,59)/t35-,37-,38-,40+,41+/m0/s1. The van der Waals surface area contributed by atoms with Crippen LogP contribution in [0.3, 0.4) is 0 Å². The summed E-state index contributed by atoms with van der Waals surface area (Å²) in [4.78, 5) is 63.9. The van der Waals surface area contributed by atoms with Crippen LogP contribution in [0.1, 0.15) is 76.5 Å². The van der Waals surface area contributed by atoms with Gasteiger partial charge in [-0.1, -0.05) is 108 Å². The zero-order chi connectivity index (χ0) is 44.5. The quantitative estimate of drug-likeness (QED) is 0.0827. The molecule has 5 N–H and O–H groups in total. The highest BCUT2D eigenvalue weighted by atomic mass is 16.5. The number of aliphatic hydroxyl groups is 1. The molecule has 324 valence electrons. The molecule has 3 amide bonds. The summed E-state index contributed by atoms with van der Waals surface area (Å²) in [5.74, 6) is -1.33. The molecule has 3 aromatic heterocycles. The van der Waals surface area contributed by atoms with Crippen LogP contribution in [-0.2, 0) is 33.7 Å². The third kappa shape index (κ3) is 12.4. The van der Waals surface area contributed by atoms with Gasteiger partial charge in [0.25, 0.3) is 0 Å². The van der Waals surface area contributed by atoms with E-state index in [0.29, 0.717) is 12.1 Å². The molecule has 0 aliphatic rings. The van der Waals surface area contributed by atoms with Crippen molar-refractivity contribution in [2.75, 3.05) is 7.11 Å². The predicted molar refractivity (Wildman–Crippen MR) is 234 cm³/mol. The number of imidazole rings is 1. The van der Waals surface area contributed by atoms with E-state index in [0.717, 1.165) is 28.1 Å². The number of methoxy groups -OCH3 is 1. The molecule has 2 aromatic carbocycles. The fourth-order valence-electron chi connectivity index (χ4n) is 7.43. The highest BCUT2D eigenvalue weighted by Gasteiger charge is 2.39. The number of hydrogen-bond acceptors (Lipinski definition) is 9. The number of ether oxygens (including phenoxy) is 1. The summed E-state index contributed by atoms with van der Waals surface area (Å²) in [6.45, 7) is 12.8. The second-order valence-electron chi connectivity index (χ2n) is 17.7. The van der Waals surface area contributed by atoms with E-state index < -0.39 is 64.7 Å². The lowest BCUT2D eigenvalue weighted by Gasteiger charge is -2.35. The monoisotopic (exact) mass is 833 g/mol. The zero-order valence-corrected chi connectivity index (χ0v) is 36.3. The van der Waals surface area contributed by atoms with Crippen molar-refractivity contribution in [3.05, 3.63) is 136 Å². The molecule has 14 heteroatoms. The van der Waals surface area contributed by atoms with Crippen molar-refractivity contribution in [1.82, 2.24) is 35.1 Å². The van der Waals surface area contributed by atoms with Gasteiger partial charge in [-0.2, -0.15) is 0 Å². The van der Waals surface area contributed by atoms with Gasteiger partial charge in [-0.3, -0.25) is 28.7 Å². The molecular weight excluding hydrogens is 775 g/mol. The van der Waals surface area contributed by atoms with E-state index in [2.05, 4.69) is 25.9 Å². The summed E-state index contributed by atoms with van der Waals surface area (Å²) >= 11 is 0. The first kappa shape index (κ1) is 45.8. The number of hydrogen-bond donors (Lipinski definition) is 5. The molecule has 61 heavy (non-hydrogen) atoms. The number of nitrogens with one attached hydrogen (secondary N) is 3. The summed E-state index contributed by atoms with van der Waals surface area (Å²) in [5.41, 5.74) is 2.61. The molecule has 14 nitrogen and oxygen atoms in total. The summed E-state index contributed by atoms with van der Waals surface area (Å²) in [7, 11) is 1.23.